The minimum absolute atomic E-state index is 0.00584. The molecule has 146 valence electrons. The Balaban J connectivity index is 1.54. The van der Waals surface area contributed by atoms with Crippen LogP contribution in [0.2, 0.25) is 0 Å². The van der Waals surface area contributed by atoms with Crippen molar-refractivity contribution in [3.8, 4) is 5.69 Å². The molecule has 2 amide bonds. The van der Waals surface area contributed by atoms with Gasteiger partial charge < -0.3 is 9.80 Å². The summed E-state index contributed by atoms with van der Waals surface area (Å²) in [5.41, 5.74) is 0.803. The number of amides is 2. The van der Waals surface area contributed by atoms with Crippen LogP contribution in [0.25, 0.3) is 5.69 Å². The summed E-state index contributed by atoms with van der Waals surface area (Å²) in [5.74, 6) is 0.231. The number of benzene rings is 1. The summed E-state index contributed by atoms with van der Waals surface area (Å²) in [6.07, 6.45) is 5.06. The normalized spacial score (nSPS) is 15.7. The van der Waals surface area contributed by atoms with Crippen LogP contribution in [0.3, 0.4) is 0 Å². The Morgan fingerprint density at radius 1 is 1.22 bits per heavy atom. The first-order valence-corrected chi connectivity index (χ1v) is 10.4. The third-order valence-electron chi connectivity index (χ3n) is 4.75. The predicted octanol–water partition coefficient (Wildman–Crippen LogP) is 1.54. The lowest BCUT2D eigenvalue weighted by Crippen LogP contribution is -2.45. The van der Waals surface area contributed by atoms with E-state index in [-0.39, 0.29) is 16.8 Å². The number of carbonyl (C=O) groups excluding carboxylic acids is 1. The second kappa shape index (κ2) is 8.10. The van der Waals surface area contributed by atoms with Gasteiger partial charge in [-0.2, -0.15) is 5.10 Å². The SMILES string of the molecule is CN(C)C(=O)N1CCC(CNS(=O)(=O)c2ccc(-n3cccn3)cc2)CC1. The van der Waals surface area contributed by atoms with Crippen LogP contribution < -0.4 is 4.72 Å². The highest BCUT2D eigenvalue weighted by atomic mass is 32.2. The Hall–Kier alpha value is -2.39. The molecule has 1 aliphatic rings. The van der Waals surface area contributed by atoms with E-state index < -0.39 is 10.0 Å². The van der Waals surface area contributed by atoms with Crippen LogP contribution in [0.4, 0.5) is 4.79 Å². The Labute approximate surface area is 159 Å². The molecule has 8 nitrogen and oxygen atoms in total. The Morgan fingerprint density at radius 2 is 1.89 bits per heavy atom. The second-order valence-electron chi connectivity index (χ2n) is 6.90. The van der Waals surface area contributed by atoms with Gasteiger partial charge in [0.1, 0.15) is 0 Å². The highest BCUT2D eigenvalue weighted by Gasteiger charge is 2.25. The summed E-state index contributed by atoms with van der Waals surface area (Å²) >= 11 is 0. The molecule has 3 rings (SSSR count). The van der Waals surface area contributed by atoms with Crippen LogP contribution >= 0.6 is 0 Å². The highest BCUT2D eigenvalue weighted by molar-refractivity contribution is 7.89. The van der Waals surface area contributed by atoms with E-state index in [1.165, 1.54) is 0 Å². The molecule has 0 spiro atoms. The molecule has 1 aromatic carbocycles. The summed E-state index contributed by atoms with van der Waals surface area (Å²) in [7, 11) is -0.0844. The van der Waals surface area contributed by atoms with Gasteiger partial charge in [0.15, 0.2) is 0 Å². The fourth-order valence-electron chi connectivity index (χ4n) is 3.12. The number of sulfonamides is 1. The predicted molar refractivity (Wildman–Crippen MR) is 102 cm³/mol. The molecule has 9 heteroatoms. The largest absolute Gasteiger partial charge is 0.331 e. The number of hydrogen-bond donors (Lipinski definition) is 1. The molecule has 2 heterocycles. The van der Waals surface area contributed by atoms with Crippen LogP contribution in [0.5, 0.6) is 0 Å². The standard InChI is InChI=1S/C18H25N5O3S/c1-21(2)18(24)22-12-8-15(9-13-22)14-20-27(25,26)17-6-4-16(5-7-17)23-11-3-10-19-23/h3-7,10-11,15,20H,8-9,12-14H2,1-2H3. The van der Waals surface area contributed by atoms with Gasteiger partial charge in [0, 0.05) is 46.1 Å². The number of rotatable bonds is 5. The quantitative estimate of drug-likeness (QED) is 0.838. The lowest BCUT2D eigenvalue weighted by atomic mass is 9.97. The molecule has 0 radical (unpaired) electrons. The average molecular weight is 391 g/mol. The van der Waals surface area contributed by atoms with Gasteiger partial charge in [-0.05, 0) is 49.1 Å². The minimum Gasteiger partial charge on any atom is -0.331 e. The summed E-state index contributed by atoms with van der Waals surface area (Å²) in [6.45, 7) is 1.69. The minimum atomic E-state index is -3.56. The van der Waals surface area contributed by atoms with E-state index in [4.69, 9.17) is 0 Å². The summed E-state index contributed by atoms with van der Waals surface area (Å²) < 4.78 is 29.4. The van der Waals surface area contributed by atoms with Crippen LogP contribution in [0.15, 0.2) is 47.6 Å². The monoisotopic (exact) mass is 391 g/mol. The van der Waals surface area contributed by atoms with Crippen LogP contribution in [-0.2, 0) is 10.0 Å². The second-order valence-corrected chi connectivity index (χ2v) is 8.67. The number of nitrogens with zero attached hydrogens (tertiary/aromatic N) is 4. The lowest BCUT2D eigenvalue weighted by molar-refractivity contribution is 0.148. The zero-order chi connectivity index (χ0) is 19.4. The van der Waals surface area contributed by atoms with E-state index in [1.54, 1.807) is 65.2 Å². The molecule has 2 aromatic rings. The van der Waals surface area contributed by atoms with Crippen molar-refractivity contribution in [1.82, 2.24) is 24.3 Å². The first-order valence-electron chi connectivity index (χ1n) is 8.93. The molecule has 1 saturated heterocycles. The van der Waals surface area contributed by atoms with Gasteiger partial charge in [-0.25, -0.2) is 22.6 Å². The number of carbonyl (C=O) groups is 1. The van der Waals surface area contributed by atoms with Crippen LogP contribution in [0, 0.1) is 5.92 Å². The van der Waals surface area contributed by atoms with E-state index in [9.17, 15) is 13.2 Å². The smallest absolute Gasteiger partial charge is 0.319 e. The van der Waals surface area contributed by atoms with Gasteiger partial charge in [-0.15, -0.1) is 0 Å². The van der Waals surface area contributed by atoms with Gasteiger partial charge in [-0.1, -0.05) is 0 Å². The maximum Gasteiger partial charge on any atom is 0.319 e. The number of nitrogens with one attached hydrogen (secondary N) is 1. The maximum atomic E-state index is 12.5. The molecule has 0 saturated carbocycles. The molecular weight excluding hydrogens is 366 g/mol. The molecule has 0 unspecified atom stereocenters. The Kier molecular flexibility index (Phi) is 5.81. The molecule has 0 bridgehead atoms. The maximum absolute atomic E-state index is 12.5. The van der Waals surface area contributed by atoms with Gasteiger partial charge >= 0.3 is 6.03 Å². The first kappa shape index (κ1) is 19.4. The summed E-state index contributed by atoms with van der Waals surface area (Å²) in [4.78, 5) is 15.6. The van der Waals surface area contributed by atoms with E-state index in [1.807, 2.05) is 6.07 Å². The van der Waals surface area contributed by atoms with Gasteiger partial charge in [0.05, 0.1) is 10.6 Å². The Morgan fingerprint density at radius 3 is 2.44 bits per heavy atom. The van der Waals surface area contributed by atoms with Crippen molar-refractivity contribution in [3.63, 3.8) is 0 Å². The van der Waals surface area contributed by atoms with Gasteiger partial charge in [0.25, 0.3) is 0 Å². The summed E-state index contributed by atoms with van der Waals surface area (Å²) in [6, 6.07) is 8.44. The zero-order valence-electron chi connectivity index (χ0n) is 15.6. The molecule has 1 fully saturated rings. The molecule has 27 heavy (non-hydrogen) atoms. The molecular formula is C18H25N5O3S. The van der Waals surface area contributed by atoms with Crippen molar-refractivity contribution in [2.24, 2.45) is 5.92 Å². The van der Waals surface area contributed by atoms with Crippen LogP contribution in [-0.4, -0.2) is 67.8 Å². The van der Waals surface area contributed by atoms with Crippen molar-refractivity contribution in [2.75, 3.05) is 33.7 Å². The zero-order valence-corrected chi connectivity index (χ0v) is 16.4. The average Bonchev–Trinajstić information content (AvgIpc) is 3.21. The van der Waals surface area contributed by atoms with Crippen molar-refractivity contribution >= 4 is 16.1 Å². The molecule has 1 aliphatic heterocycles. The van der Waals surface area contributed by atoms with E-state index in [2.05, 4.69) is 9.82 Å². The van der Waals surface area contributed by atoms with Crippen molar-refractivity contribution < 1.29 is 13.2 Å². The lowest BCUT2D eigenvalue weighted by Gasteiger charge is -2.33. The van der Waals surface area contributed by atoms with E-state index in [0.29, 0.717) is 19.6 Å². The van der Waals surface area contributed by atoms with Crippen molar-refractivity contribution in [3.05, 3.63) is 42.7 Å². The number of likely N-dealkylation sites (tertiary alicyclic amines) is 1. The first-order chi connectivity index (χ1) is 12.9. The molecule has 1 N–H and O–H groups in total. The number of hydrogen-bond acceptors (Lipinski definition) is 4. The third kappa shape index (κ3) is 4.67. The molecule has 1 aromatic heterocycles. The third-order valence-corrected chi connectivity index (χ3v) is 6.19. The van der Waals surface area contributed by atoms with Crippen LogP contribution in [0.1, 0.15) is 12.8 Å². The highest BCUT2D eigenvalue weighted by Crippen LogP contribution is 2.19. The number of aromatic nitrogens is 2. The Bertz CT molecular complexity index is 855. The van der Waals surface area contributed by atoms with Gasteiger partial charge in [-0.3, -0.25) is 0 Å². The molecule has 0 aliphatic carbocycles. The van der Waals surface area contributed by atoms with E-state index >= 15 is 0 Å². The number of urea groups is 1. The van der Waals surface area contributed by atoms with Gasteiger partial charge in [0.2, 0.25) is 10.0 Å². The van der Waals surface area contributed by atoms with E-state index in [0.717, 1.165) is 18.5 Å². The van der Waals surface area contributed by atoms with Crippen molar-refractivity contribution in [2.45, 2.75) is 17.7 Å². The molecule has 0 atom stereocenters. The fraction of sp³-hybridized carbons (Fsp3) is 0.444. The van der Waals surface area contributed by atoms with Crippen molar-refractivity contribution in [1.29, 1.82) is 0 Å². The fourth-order valence-corrected chi connectivity index (χ4v) is 4.24. The topological polar surface area (TPSA) is 87.5 Å². The summed E-state index contributed by atoms with van der Waals surface area (Å²) in [5, 5.41) is 4.13. The number of piperidine rings is 1.